The lowest BCUT2D eigenvalue weighted by Crippen LogP contribution is -2.33. The largest absolute Gasteiger partial charge is 0.493 e. The number of aliphatic carboxylic acids is 1. The van der Waals surface area contributed by atoms with Gasteiger partial charge < -0.3 is 19.3 Å². The molecule has 7 nitrogen and oxygen atoms in total. The molecule has 120 valence electrons. The summed E-state index contributed by atoms with van der Waals surface area (Å²) in [5.41, 5.74) is 0.668. The standard InChI is InChI=1S/C14H11NO6S2/c1-19-8-2-7(3-9-12(8)21-6-20-9)4-10-13(18)15(5-11(16)17)14(22)23-10/h2-4H,5-6H2,1H3,(H,16,17)/b10-4-. The zero-order valence-electron chi connectivity index (χ0n) is 11.9. The Morgan fingerprint density at radius 3 is 3.00 bits per heavy atom. The normalized spacial score (nSPS) is 18.0. The van der Waals surface area contributed by atoms with Crippen molar-refractivity contribution in [3.8, 4) is 17.2 Å². The second-order valence-corrected chi connectivity index (χ2v) is 6.29. The third-order valence-corrected chi connectivity index (χ3v) is 4.52. The van der Waals surface area contributed by atoms with E-state index in [0.29, 0.717) is 27.7 Å². The van der Waals surface area contributed by atoms with E-state index in [0.717, 1.165) is 16.7 Å². The number of carbonyl (C=O) groups is 2. The first-order chi connectivity index (χ1) is 11.0. The Morgan fingerprint density at radius 2 is 2.30 bits per heavy atom. The van der Waals surface area contributed by atoms with Gasteiger partial charge in [0.1, 0.15) is 10.9 Å². The number of nitrogens with zero attached hydrogens (tertiary/aromatic N) is 1. The molecule has 0 aliphatic carbocycles. The Labute approximate surface area is 140 Å². The van der Waals surface area contributed by atoms with Gasteiger partial charge in [0.25, 0.3) is 5.91 Å². The second kappa shape index (κ2) is 6.09. The van der Waals surface area contributed by atoms with Crippen LogP contribution in [0.15, 0.2) is 17.0 Å². The number of fused-ring (bicyclic) bond motifs is 1. The van der Waals surface area contributed by atoms with Gasteiger partial charge in [-0.05, 0) is 23.8 Å². The molecule has 0 saturated carbocycles. The summed E-state index contributed by atoms with van der Waals surface area (Å²) in [6, 6.07) is 3.42. The molecule has 3 rings (SSSR count). The number of hydrogen-bond acceptors (Lipinski definition) is 7. The average Bonchev–Trinajstić information content (AvgIpc) is 3.07. The van der Waals surface area contributed by atoms with E-state index in [1.807, 2.05) is 0 Å². The van der Waals surface area contributed by atoms with Crippen molar-refractivity contribution in [2.24, 2.45) is 0 Å². The summed E-state index contributed by atoms with van der Waals surface area (Å²) in [5, 5.41) is 8.83. The van der Waals surface area contributed by atoms with Crippen molar-refractivity contribution >= 4 is 46.3 Å². The number of hydrogen-bond donors (Lipinski definition) is 1. The third kappa shape index (κ3) is 2.97. The van der Waals surface area contributed by atoms with Crippen LogP contribution in [0, 0.1) is 0 Å². The second-order valence-electron chi connectivity index (χ2n) is 4.62. The summed E-state index contributed by atoms with van der Waals surface area (Å²) < 4.78 is 16.1. The molecule has 0 bridgehead atoms. The molecule has 23 heavy (non-hydrogen) atoms. The quantitative estimate of drug-likeness (QED) is 0.647. The summed E-state index contributed by atoms with van der Waals surface area (Å²) in [5.74, 6) is -0.0155. The van der Waals surface area contributed by atoms with Gasteiger partial charge in [0.05, 0.1) is 12.0 Å². The minimum Gasteiger partial charge on any atom is -0.493 e. The summed E-state index contributed by atoms with van der Waals surface area (Å²) >= 11 is 6.11. The monoisotopic (exact) mass is 353 g/mol. The highest BCUT2D eigenvalue weighted by molar-refractivity contribution is 8.26. The van der Waals surface area contributed by atoms with Crippen LogP contribution in [0.3, 0.4) is 0 Å². The highest BCUT2D eigenvalue weighted by Gasteiger charge is 2.33. The van der Waals surface area contributed by atoms with Crippen molar-refractivity contribution in [3.63, 3.8) is 0 Å². The fourth-order valence-electron chi connectivity index (χ4n) is 2.16. The number of carbonyl (C=O) groups excluding carboxylic acids is 1. The van der Waals surface area contributed by atoms with E-state index in [4.69, 9.17) is 31.5 Å². The first kappa shape index (κ1) is 15.6. The van der Waals surface area contributed by atoms with E-state index in [2.05, 4.69) is 0 Å². The molecular formula is C14H11NO6S2. The maximum Gasteiger partial charge on any atom is 0.323 e. The van der Waals surface area contributed by atoms with Gasteiger partial charge >= 0.3 is 5.97 Å². The van der Waals surface area contributed by atoms with Crippen LogP contribution in [-0.4, -0.2) is 46.7 Å². The first-order valence-corrected chi connectivity index (χ1v) is 7.67. The summed E-state index contributed by atoms with van der Waals surface area (Å²) in [6.45, 7) is -0.345. The van der Waals surface area contributed by atoms with Crippen molar-refractivity contribution in [2.45, 2.75) is 0 Å². The maximum atomic E-state index is 12.2. The van der Waals surface area contributed by atoms with Gasteiger partial charge in [0, 0.05) is 0 Å². The van der Waals surface area contributed by atoms with Gasteiger partial charge in [-0.25, -0.2) is 0 Å². The van der Waals surface area contributed by atoms with E-state index in [-0.39, 0.29) is 11.1 Å². The van der Waals surface area contributed by atoms with Crippen LogP contribution in [0.1, 0.15) is 5.56 Å². The third-order valence-electron chi connectivity index (χ3n) is 3.15. The van der Waals surface area contributed by atoms with Gasteiger partial charge in [-0.3, -0.25) is 14.5 Å². The van der Waals surface area contributed by atoms with E-state index < -0.39 is 18.4 Å². The molecule has 9 heteroatoms. The van der Waals surface area contributed by atoms with Crippen LogP contribution in [0.25, 0.3) is 6.08 Å². The van der Waals surface area contributed by atoms with Gasteiger partial charge in [0.15, 0.2) is 11.5 Å². The van der Waals surface area contributed by atoms with Gasteiger partial charge in [-0.1, -0.05) is 24.0 Å². The molecule has 0 spiro atoms. The highest BCUT2D eigenvalue weighted by Crippen LogP contribution is 2.43. The van der Waals surface area contributed by atoms with Crippen molar-refractivity contribution in [2.75, 3.05) is 20.4 Å². The Bertz CT molecular complexity index is 745. The van der Waals surface area contributed by atoms with Crippen LogP contribution in [0.5, 0.6) is 17.2 Å². The number of carboxylic acid groups (broad SMARTS) is 1. The van der Waals surface area contributed by atoms with E-state index in [1.165, 1.54) is 7.11 Å². The molecule has 1 N–H and O–H groups in total. The van der Waals surface area contributed by atoms with Gasteiger partial charge in [-0.15, -0.1) is 0 Å². The Balaban J connectivity index is 1.92. The molecule has 1 amide bonds. The molecule has 2 heterocycles. The van der Waals surface area contributed by atoms with Gasteiger partial charge in [0.2, 0.25) is 12.5 Å². The minimum atomic E-state index is -1.12. The van der Waals surface area contributed by atoms with Crippen LogP contribution in [0.2, 0.25) is 0 Å². The molecule has 0 unspecified atom stereocenters. The lowest BCUT2D eigenvalue weighted by atomic mass is 10.1. The van der Waals surface area contributed by atoms with E-state index >= 15 is 0 Å². The molecular weight excluding hydrogens is 342 g/mol. The molecule has 1 aromatic rings. The van der Waals surface area contributed by atoms with Crippen molar-refractivity contribution in [1.29, 1.82) is 0 Å². The molecule has 1 aromatic carbocycles. The summed E-state index contributed by atoms with van der Waals surface area (Å²) in [6.07, 6.45) is 1.62. The number of rotatable bonds is 4. The Kier molecular flexibility index (Phi) is 4.14. The highest BCUT2D eigenvalue weighted by atomic mass is 32.2. The molecule has 1 saturated heterocycles. The lowest BCUT2D eigenvalue weighted by molar-refractivity contribution is -0.140. The first-order valence-electron chi connectivity index (χ1n) is 6.44. The molecule has 1 fully saturated rings. The minimum absolute atomic E-state index is 0.107. The number of amides is 1. The molecule has 2 aliphatic heterocycles. The summed E-state index contributed by atoms with van der Waals surface area (Å²) in [7, 11) is 1.51. The number of methoxy groups -OCH3 is 1. The van der Waals surface area contributed by atoms with E-state index in [9.17, 15) is 9.59 Å². The summed E-state index contributed by atoms with van der Waals surface area (Å²) in [4.78, 5) is 24.4. The number of ether oxygens (including phenoxy) is 3. The molecule has 2 aliphatic rings. The number of thioether (sulfide) groups is 1. The molecule has 0 radical (unpaired) electrons. The number of benzene rings is 1. The Hall–Kier alpha value is -2.26. The fraction of sp³-hybridized carbons (Fsp3) is 0.214. The van der Waals surface area contributed by atoms with Gasteiger partial charge in [-0.2, -0.15) is 0 Å². The smallest absolute Gasteiger partial charge is 0.323 e. The topological polar surface area (TPSA) is 85.3 Å². The zero-order chi connectivity index (χ0) is 16.6. The van der Waals surface area contributed by atoms with Crippen LogP contribution < -0.4 is 14.2 Å². The Morgan fingerprint density at radius 1 is 1.52 bits per heavy atom. The fourth-order valence-corrected chi connectivity index (χ4v) is 3.41. The van der Waals surface area contributed by atoms with Crippen molar-refractivity contribution < 1.29 is 28.9 Å². The molecule has 0 atom stereocenters. The maximum absolute atomic E-state index is 12.2. The molecule has 0 aromatic heterocycles. The van der Waals surface area contributed by atoms with Crippen LogP contribution in [0.4, 0.5) is 0 Å². The van der Waals surface area contributed by atoms with E-state index in [1.54, 1.807) is 18.2 Å². The lowest BCUT2D eigenvalue weighted by Gasteiger charge is -2.10. The zero-order valence-corrected chi connectivity index (χ0v) is 13.5. The number of carboxylic acids is 1. The van der Waals surface area contributed by atoms with Crippen LogP contribution in [-0.2, 0) is 9.59 Å². The predicted octanol–water partition coefficient (Wildman–Crippen LogP) is 1.71. The predicted molar refractivity (Wildman–Crippen MR) is 86.6 cm³/mol. The SMILES string of the molecule is COc1cc(/C=C2\SC(=S)N(CC(=O)O)C2=O)cc2c1OCO2. The average molecular weight is 353 g/mol. The van der Waals surface area contributed by atoms with Crippen molar-refractivity contribution in [1.82, 2.24) is 4.90 Å². The van der Waals surface area contributed by atoms with Crippen molar-refractivity contribution in [3.05, 3.63) is 22.6 Å². The number of thiocarbonyl (C=S) groups is 1. The van der Waals surface area contributed by atoms with Crippen LogP contribution >= 0.6 is 24.0 Å².